The lowest BCUT2D eigenvalue weighted by Crippen LogP contribution is -2.41. The number of carbonyl (C=O) groups excluding carboxylic acids is 1. The fraction of sp³-hybridized carbons (Fsp3) is 0.188. The summed E-state index contributed by atoms with van der Waals surface area (Å²) >= 11 is 5.73. The van der Waals surface area contributed by atoms with E-state index in [1.807, 2.05) is 0 Å². The van der Waals surface area contributed by atoms with Gasteiger partial charge in [-0.3, -0.25) is 4.79 Å². The van der Waals surface area contributed by atoms with Crippen molar-refractivity contribution in [3.63, 3.8) is 0 Å². The highest BCUT2D eigenvalue weighted by molar-refractivity contribution is 7.90. The Morgan fingerprint density at radius 3 is 2.19 bits per heavy atom. The van der Waals surface area contributed by atoms with Gasteiger partial charge in [0.15, 0.2) is 9.84 Å². The number of benzene rings is 2. The molecule has 140 valence electrons. The Labute approximate surface area is 157 Å². The Morgan fingerprint density at radius 1 is 1.00 bits per heavy atom. The molecular formula is C16H17ClN2O5S2. The lowest BCUT2D eigenvalue weighted by atomic mass is 10.3. The Balaban J connectivity index is 2.11. The van der Waals surface area contributed by atoms with E-state index in [1.165, 1.54) is 55.5 Å². The van der Waals surface area contributed by atoms with E-state index in [0.717, 1.165) is 6.26 Å². The molecule has 0 saturated carbocycles. The fourth-order valence-corrected chi connectivity index (χ4v) is 4.02. The second-order valence-corrected chi connectivity index (χ2v) is 9.75. The highest BCUT2D eigenvalue weighted by Crippen LogP contribution is 2.17. The van der Waals surface area contributed by atoms with E-state index in [1.54, 1.807) is 0 Å². The SMILES string of the molecule is C[C@H](NS(=O)(=O)c1ccc(Cl)cc1)C(=O)Nc1cccc(S(C)(=O)=O)c1. The summed E-state index contributed by atoms with van der Waals surface area (Å²) < 4.78 is 49.9. The summed E-state index contributed by atoms with van der Waals surface area (Å²) in [6.45, 7) is 1.38. The Bertz CT molecular complexity index is 1020. The number of hydrogen-bond acceptors (Lipinski definition) is 5. The first-order valence-corrected chi connectivity index (χ1v) is 11.1. The van der Waals surface area contributed by atoms with Crippen LogP contribution in [0.5, 0.6) is 0 Å². The second kappa shape index (κ2) is 7.75. The van der Waals surface area contributed by atoms with Crippen molar-refractivity contribution in [2.24, 2.45) is 0 Å². The molecule has 0 heterocycles. The maximum Gasteiger partial charge on any atom is 0.242 e. The molecule has 0 fully saturated rings. The van der Waals surface area contributed by atoms with Gasteiger partial charge in [-0.1, -0.05) is 17.7 Å². The van der Waals surface area contributed by atoms with Gasteiger partial charge in [0, 0.05) is 17.0 Å². The molecule has 0 unspecified atom stereocenters. The van der Waals surface area contributed by atoms with Gasteiger partial charge in [-0.25, -0.2) is 16.8 Å². The van der Waals surface area contributed by atoms with Crippen LogP contribution in [0, 0.1) is 0 Å². The van der Waals surface area contributed by atoms with E-state index in [9.17, 15) is 21.6 Å². The largest absolute Gasteiger partial charge is 0.325 e. The van der Waals surface area contributed by atoms with Gasteiger partial charge in [0.2, 0.25) is 15.9 Å². The topological polar surface area (TPSA) is 109 Å². The Morgan fingerprint density at radius 2 is 1.62 bits per heavy atom. The summed E-state index contributed by atoms with van der Waals surface area (Å²) in [6, 6.07) is 10.1. The van der Waals surface area contributed by atoms with Crippen LogP contribution in [0.1, 0.15) is 6.92 Å². The van der Waals surface area contributed by atoms with E-state index < -0.39 is 31.8 Å². The number of amides is 1. The van der Waals surface area contributed by atoms with Crippen molar-refractivity contribution >= 4 is 43.1 Å². The van der Waals surface area contributed by atoms with Gasteiger partial charge >= 0.3 is 0 Å². The van der Waals surface area contributed by atoms with E-state index in [0.29, 0.717) is 5.02 Å². The van der Waals surface area contributed by atoms with Crippen molar-refractivity contribution in [3.05, 3.63) is 53.6 Å². The number of carbonyl (C=O) groups is 1. The van der Waals surface area contributed by atoms with Gasteiger partial charge in [-0.15, -0.1) is 0 Å². The predicted octanol–water partition coefficient (Wildman–Crippen LogP) is 2.05. The zero-order valence-corrected chi connectivity index (χ0v) is 16.3. The number of halogens is 1. The quantitative estimate of drug-likeness (QED) is 0.748. The molecule has 0 bridgehead atoms. The van der Waals surface area contributed by atoms with E-state index in [4.69, 9.17) is 11.6 Å². The summed E-state index contributed by atoms with van der Waals surface area (Å²) in [7, 11) is -7.33. The standard InChI is InChI=1S/C16H17ClN2O5S2/c1-11(19-26(23,24)14-8-6-12(17)7-9-14)16(20)18-13-4-3-5-15(10-13)25(2,21)22/h3-11,19H,1-2H3,(H,18,20)/t11-/m0/s1. The molecule has 2 aromatic rings. The molecular weight excluding hydrogens is 400 g/mol. The third kappa shape index (κ3) is 5.28. The zero-order chi connectivity index (χ0) is 19.5. The van der Waals surface area contributed by atoms with E-state index in [2.05, 4.69) is 10.0 Å². The highest BCUT2D eigenvalue weighted by atomic mass is 35.5. The molecule has 0 aromatic heterocycles. The molecule has 1 atom stereocenters. The Kier molecular flexibility index (Phi) is 6.07. The van der Waals surface area contributed by atoms with Gasteiger partial charge in [0.1, 0.15) is 0 Å². The van der Waals surface area contributed by atoms with Crippen LogP contribution in [-0.4, -0.2) is 35.0 Å². The first kappa shape index (κ1) is 20.4. The summed E-state index contributed by atoms with van der Waals surface area (Å²) in [4.78, 5) is 12.2. The minimum atomic E-state index is -3.91. The number of rotatable bonds is 6. The molecule has 26 heavy (non-hydrogen) atoms. The molecule has 2 rings (SSSR count). The van der Waals surface area contributed by atoms with Crippen molar-refractivity contribution in [3.8, 4) is 0 Å². The second-order valence-electron chi connectivity index (χ2n) is 5.59. The maximum atomic E-state index is 12.3. The van der Waals surface area contributed by atoms with Crippen molar-refractivity contribution in [2.75, 3.05) is 11.6 Å². The first-order chi connectivity index (χ1) is 12.0. The zero-order valence-electron chi connectivity index (χ0n) is 13.9. The molecule has 0 radical (unpaired) electrons. The van der Waals surface area contributed by atoms with Crippen LogP contribution in [0.3, 0.4) is 0 Å². The smallest absolute Gasteiger partial charge is 0.242 e. The molecule has 0 spiro atoms. The summed E-state index contributed by atoms with van der Waals surface area (Å²) in [6.07, 6.45) is 1.05. The molecule has 0 saturated heterocycles. The molecule has 0 aliphatic heterocycles. The molecule has 2 N–H and O–H groups in total. The molecule has 0 aliphatic rings. The summed E-state index contributed by atoms with van der Waals surface area (Å²) in [5, 5.41) is 2.88. The van der Waals surface area contributed by atoms with Gasteiger partial charge in [-0.05, 0) is 49.4 Å². The third-order valence-electron chi connectivity index (χ3n) is 3.38. The number of sulfone groups is 1. The number of hydrogen-bond donors (Lipinski definition) is 2. The van der Waals surface area contributed by atoms with Crippen LogP contribution in [0.25, 0.3) is 0 Å². The van der Waals surface area contributed by atoms with Crippen LogP contribution in [0.15, 0.2) is 58.3 Å². The van der Waals surface area contributed by atoms with Crippen LogP contribution in [-0.2, 0) is 24.7 Å². The Hall–Kier alpha value is -1.94. The lowest BCUT2D eigenvalue weighted by Gasteiger charge is -2.15. The summed E-state index contributed by atoms with van der Waals surface area (Å²) in [5.74, 6) is -0.631. The number of anilines is 1. The lowest BCUT2D eigenvalue weighted by molar-refractivity contribution is -0.117. The third-order valence-corrected chi connectivity index (χ3v) is 6.30. The van der Waals surface area contributed by atoms with Crippen molar-refractivity contribution in [1.29, 1.82) is 0 Å². The van der Waals surface area contributed by atoms with Gasteiger partial charge < -0.3 is 5.32 Å². The minimum absolute atomic E-state index is 0.0272. The molecule has 7 nitrogen and oxygen atoms in total. The van der Waals surface area contributed by atoms with Crippen LogP contribution < -0.4 is 10.0 Å². The van der Waals surface area contributed by atoms with Crippen molar-refractivity contribution in [1.82, 2.24) is 4.72 Å². The molecule has 10 heteroatoms. The van der Waals surface area contributed by atoms with Crippen molar-refractivity contribution in [2.45, 2.75) is 22.8 Å². The summed E-state index contributed by atoms with van der Waals surface area (Å²) in [5.41, 5.74) is 0.246. The normalized spacial score (nSPS) is 13.2. The van der Waals surface area contributed by atoms with E-state index >= 15 is 0 Å². The van der Waals surface area contributed by atoms with Crippen LogP contribution in [0.4, 0.5) is 5.69 Å². The molecule has 1 amide bonds. The van der Waals surface area contributed by atoms with Gasteiger partial charge in [0.25, 0.3) is 0 Å². The van der Waals surface area contributed by atoms with Crippen LogP contribution in [0.2, 0.25) is 5.02 Å². The van der Waals surface area contributed by atoms with Gasteiger partial charge in [-0.2, -0.15) is 4.72 Å². The number of sulfonamides is 1. The maximum absolute atomic E-state index is 12.3. The van der Waals surface area contributed by atoms with Gasteiger partial charge in [0.05, 0.1) is 15.8 Å². The molecule has 2 aromatic carbocycles. The minimum Gasteiger partial charge on any atom is -0.325 e. The average molecular weight is 417 g/mol. The van der Waals surface area contributed by atoms with E-state index in [-0.39, 0.29) is 15.5 Å². The predicted molar refractivity (Wildman–Crippen MR) is 99.4 cm³/mol. The van der Waals surface area contributed by atoms with Crippen molar-refractivity contribution < 1.29 is 21.6 Å². The molecule has 0 aliphatic carbocycles. The average Bonchev–Trinajstić information content (AvgIpc) is 2.54. The fourth-order valence-electron chi connectivity index (χ4n) is 2.02. The highest BCUT2D eigenvalue weighted by Gasteiger charge is 2.22. The van der Waals surface area contributed by atoms with Crippen LogP contribution >= 0.6 is 11.6 Å². The first-order valence-electron chi connectivity index (χ1n) is 7.38. The number of nitrogens with one attached hydrogen (secondary N) is 2. The monoisotopic (exact) mass is 416 g/mol.